The number of aliphatic hydroxyl groups excluding tert-OH is 1. The predicted octanol–water partition coefficient (Wildman–Crippen LogP) is 0.667. The molecular formula is C9H19NO2. The Kier molecular flexibility index (Phi) is 5.09. The highest BCUT2D eigenvalue weighted by atomic mass is 16.3. The lowest BCUT2D eigenvalue weighted by molar-refractivity contribution is -0.118. The Morgan fingerprint density at radius 3 is 2.25 bits per heavy atom. The number of aliphatic hydroxyl groups is 1. The molecule has 0 fully saturated rings. The van der Waals surface area contributed by atoms with Crippen molar-refractivity contribution in [3.05, 3.63) is 0 Å². The van der Waals surface area contributed by atoms with E-state index in [2.05, 4.69) is 0 Å². The van der Waals surface area contributed by atoms with Gasteiger partial charge in [0.15, 0.2) is 0 Å². The van der Waals surface area contributed by atoms with Crippen LogP contribution in [0.1, 0.15) is 27.2 Å². The van der Waals surface area contributed by atoms with Crippen molar-refractivity contribution < 1.29 is 9.90 Å². The van der Waals surface area contributed by atoms with E-state index >= 15 is 0 Å². The molecule has 0 saturated carbocycles. The van der Waals surface area contributed by atoms with E-state index < -0.39 is 0 Å². The quantitative estimate of drug-likeness (QED) is 0.664. The number of likely N-dealkylation sites (N-methyl/N-ethyl adjacent to an activating group) is 1. The number of ketones is 1. The number of carbonyl (C=O) groups is 1. The summed E-state index contributed by atoms with van der Waals surface area (Å²) >= 11 is 0. The van der Waals surface area contributed by atoms with Gasteiger partial charge >= 0.3 is 0 Å². The molecule has 0 aliphatic heterocycles. The summed E-state index contributed by atoms with van der Waals surface area (Å²) < 4.78 is 0. The van der Waals surface area contributed by atoms with Crippen LogP contribution in [0, 0.1) is 0 Å². The van der Waals surface area contributed by atoms with Gasteiger partial charge in [0.1, 0.15) is 5.78 Å². The molecule has 3 nitrogen and oxygen atoms in total. The van der Waals surface area contributed by atoms with E-state index in [1.807, 2.05) is 25.8 Å². The van der Waals surface area contributed by atoms with Crippen molar-refractivity contribution in [2.45, 2.75) is 39.3 Å². The molecule has 3 heteroatoms. The average molecular weight is 173 g/mol. The normalized spacial score (nSPS) is 16.2. The van der Waals surface area contributed by atoms with Gasteiger partial charge in [0.05, 0.1) is 6.61 Å². The first-order chi connectivity index (χ1) is 5.49. The number of Topliss-reactive ketones (excluding diaryl/α,β-unsaturated/α-hetero) is 1. The van der Waals surface area contributed by atoms with E-state index in [4.69, 9.17) is 5.11 Å². The molecule has 0 aromatic rings. The number of hydrogen-bond donors (Lipinski definition) is 1. The lowest BCUT2D eigenvalue weighted by Gasteiger charge is -2.28. The van der Waals surface area contributed by atoms with Crippen LogP contribution in [0.2, 0.25) is 0 Å². The summed E-state index contributed by atoms with van der Waals surface area (Å²) in [6, 6.07) is 0.337. The van der Waals surface area contributed by atoms with Crippen LogP contribution in [0.3, 0.4) is 0 Å². The van der Waals surface area contributed by atoms with Gasteiger partial charge in [-0.05, 0) is 27.8 Å². The van der Waals surface area contributed by atoms with Crippen LogP contribution >= 0.6 is 0 Å². The monoisotopic (exact) mass is 173 g/mol. The molecule has 0 aliphatic rings. The Bertz CT molecular complexity index is 147. The first kappa shape index (κ1) is 11.6. The number of hydrogen-bond acceptors (Lipinski definition) is 3. The van der Waals surface area contributed by atoms with E-state index in [-0.39, 0.29) is 24.5 Å². The summed E-state index contributed by atoms with van der Waals surface area (Å²) in [7, 11) is 1.93. The molecule has 12 heavy (non-hydrogen) atoms. The third-order valence-corrected chi connectivity index (χ3v) is 2.24. The topological polar surface area (TPSA) is 40.5 Å². The van der Waals surface area contributed by atoms with Crippen LogP contribution in [0.15, 0.2) is 0 Å². The van der Waals surface area contributed by atoms with Crippen molar-refractivity contribution in [3.8, 4) is 0 Å². The van der Waals surface area contributed by atoms with Crippen molar-refractivity contribution in [1.82, 2.24) is 4.90 Å². The van der Waals surface area contributed by atoms with Crippen LogP contribution in [0.4, 0.5) is 0 Å². The summed E-state index contributed by atoms with van der Waals surface area (Å²) in [4.78, 5) is 12.8. The third-order valence-electron chi connectivity index (χ3n) is 2.24. The molecule has 72 valence electrons. The molecule has 0 aromatic carbocycles. The third kappa shape index (κ3) is 3.83. The highest BCUT2D eigenvalue weighted by molar-refractivity contribution is 5.76. The van der Waals surface area contributed by atoms with Gasteiger partial charge in [-0.2, -0.15) is 0 Å². The average Bonchev–Trinajstić information content (AvgIpc) is 2.00. The summed E-state index contributed by atoms with van der Waals surface area (Å²) in [6.07, 6.45) is 0.556. The van der Waals surface area contributed by atoms with Crippen molar-refractivity contribution in [2.24, 2.45) is 0 Å². The molecule has 0 rings (SSSR count). The number of carbonyl (C=O) groups excluding carboxylic acids is 1. The minimum absolute atomic E-state index is 0.124. The van der Waals surface area contributed by atoms with Crippen LogP contribution < -0.4 is 0 Å². The number of nitrogens with zero attached hydrogens (tertiary/aromatic N) is 1. The molecular weight excluding hydrogens is 154 g/mol. The Balaban J connectivity index is 3.91. The van der Waals surface area contributed by atoms with Gasteiger partial charge in [0.2, 0.25) is 0 Å². The minimum atomic E-state index is 0.124. The van der Waals surface area contributed by atoms with E-state index in [0.717, 1.165) is 0 Å². The second kappa shape index (κ2) is 5.27. The Hall–Kier alpha value is -0.410. The van der Waals surface area contributed by atoms with Gasteiger partial charge in [-0.15, -0.1) is 0 Å². The maximum atomic E-state index is 10.8. The standard InChI is InChI=1S/C9H19NO2/c1-7(5-9(3)12)10(4)8(2)6-11/h7-8,11H,5-6H2,1-4H3. The fraction of sp³-hybridized carbons (Fsp3) is 0.889. The zero-order valence-corrected chi connectivity index (χ0v) is 8.37. The Morgan fingerprint density at radius 2 is 1.92 bits per heavy atom. The first-order valence-electron chi connectivity index (χ1n) is 4.31. The van der Waals surface area contributed by atoms with Crippen LogP contribution in [-0.4, -0.2) is 41.5 Å². The van der Waals surface area contributed by atoms with E-state index in [9.17, 15) is 4.79 Å². The fourth-order valence-corrected chi connectivity index (χ4v) is 1.12. The van der Waals surface area contributed by atoms with Crippen LogP contribution in [0.5, 0.6) is 0 Å². The maximum Gasteiger partial charge on any atom is 0.131 e. The molecule has 0 saturated heterocycles. The molecule has 1 N–H and O–H groups in total. The maximum absolute atomic E-state index is 10.8. The molecule has 0 bridgehead atoms. The molecule has 0 amide bonds. The fourth-order valence-electron chi connectivity index (χ4n) is 1.12. The van der Waals surface area contributed by atoms with Crippen molar-refractivity contribution in [1.29, 1.82) is 0 Å². The molecule has 0 radical (unpaired) electrons. The lowest BCUT2D eigenvalue weighted by atomic mass is 10.1. The van der Waals surface area contributed by atoms with Gasteiger partial charge in [-0.25, -0.2) is 0 Å². The minimum Gasteiger partial charge on any atom is -0.395 e. The number of rotatable bonds is 5. The Labute approximate surface area is 74.4 Å². The highest BCUT2D eigenvalue weighted by Crippen LogP contribution is 2.05. The molecule has 0 spiro atoms. The zero-order valence-electron chi connectivity index (χ0n) is 8.37. The molecule has 0 aliphatic carbocycles. The van der Waals surface area contributed by atoms with Gasteiger partial charge in [0, 0.05) is 18.5 Å². The Morgan fingerprint density at radius 1 is 1.42 bits per heavy atom. The smallest absolute Gasteiger partial charge is 0.131 e. The zero-order chi connectivity index (χ0) is 9.72. The largest absolute Gasteiger partial charge is 0.395 e. The second-order valence-electron chi connectivity index (χ2n) is 3.45. The van der Waals surface area contributed by atoms with Gasteiger partial charge in [0.25, 0.3) is 0 Å². The van der Waals surface area contributed by atoms with E-state index in [1.165, 1.54) is 0 Å². The SMILES string of the molecule is CC(=O)CC(C)N(C)C(C)CO. The van der Waals surface area contributed by atoms with Crippen molar-refractivity contribution >= 4 is 5.78 Å². The summed E-state index contributed by atoms with van der Waals surface area (Å²) in [6.45, 7) is 5.66. The van der Waals surface area contributed by atoms with E-state index in [1.54, 1.807) is 6.92 Å². The summed E-state index contributed by atoms with van der Waals surface area (Å²) in [5.74, 6) is 0.194. The second-order valence-corrected chi connectivity index (χ2v) is 3.45. The molecule has 2 unspecified atom stereocenters. The summed E-state index contributed by atoms with van der Waals surface area (Å²) in [5.41, 5.74) is 0. The van der Waals surface area contributed by atoms with Crippen molar-refractivity contribution in [3.63, 3.8) is 0 Å². The molecule has 2 atom stereocenters. The molecule has 0 aromatic heterocycles. The first-order valence-corrected chi connectivity index (χ1v) is 4.31. The van der Waals surface area contributed by atoms with Crippen molar-refractivity contribution in [2.75, 3.05) is 13.7 Å². The van der Waals surface area contributed by atoms with Crippen LogP contribution in [0.25, 0.3) is 0 Å². The van der Waals surface area contributed by atoms with Gasteiger partial charge in [-0.1, -0.05) is 0 Å². The lowest BCUT2D eigenvalue weighted by Crippen LogP contribution is -2.39. The van der Waals surface area contributed by atoms with Crippen LogP contribution in [-0.2, 0) is 4.79 Å². The van der Waals surface area contributed by atoms with Gasteiger partial charge < -0.3 is 5.11 Å². The van der Waals surface area contributed by atoms with Gasteiger partial charge in [-0.3, -0.25) is 9.69 Å². The predicted molar refractivity (Wildman–Crippen MR) is 49.1 cm³/mol. The highest BCUT2D eigenvalue weighted by Gasteiger charge is 2.15. The van der Waals surface area contributed by atoms with E-state index in [0.29, 0.717) is 6.42 Å². The molecule has 0 heterocycles. The summed E-state index contributed by atoms with van der Waals surface area (Å²) in [5, 5.41) is 8.86.